The van der Waals surface area contributed by atoms with Gasteiger partial charge in [0.1, 0.15) is 0 Å². The first-order chi connectivity index (χ1) is 8.40. The molecule has 0 radical (unpaired) electrons. The molecule has 0 spiro atoms. The van der Waals surface area contributed by atoms with Crippen LogP contribution in [0.3, 0.4) is 0 Å². The van der Waals surface area contributed by atoms with Crippen molar-refractivity contribution < 1.29 is 0 Å². The molecule has 17 heavy (non-hydrogen) atoms. The highest BCUT2D eigenvalue weighted by Crippen LogP contribution is 2.32. The van der Waals surface area contributed by atoms with Crippen molar-refractivity contribution in [2.45, 2.75) is 38.5 Å². The van der Waals surface area contributed by atoms with Crippen molar-refractivity contribution in [3.8, 4) is 0 Å². The van der Waals surface area contributed by atoms with Crippen LogP contribution in [0.25, 0.3) is 0 Å². The Balaban J connectivity index is 2.09. The highest BCUT2D eigenvalue weighted by Gasteiger charge is 2.22. The highest BCUT2D eigenvalue weighted by molar-refractivity contribution is 6.18. The van der Waals surface area contributed by atoms with E-state index in [0.29, 0.717) is 0 Å². The average Bonchev–Trinajstić information content (AvgIpc) is 2.70. The number of fused-ring (bicyclic) bond motifs is 3. The smallest absolute Gasteiger partial charge is 0.0264 e. The van der Waals surface area contributed by atoms with Gasteiger partial charge in [-0.3, -0.25) is 0 Å². The summed E-state index contributed by atoms with van der Waals surface area (Å²) in [5.74, 6) is 0.753. The van der Waals surface area contributed by atoms with Gasteiger partial charge in [0.2, 0.25) is 0 Å². The van der Waals surface area contributed by atoms with Gasteiger partial charge in [-0.25, -0.2) is 0 Å². The molecule has 0 fully saturated rings. The van der Waals surface area contributed by atoms with Crippen LogP contribution in [0.1, 0.15) is 34.2 Å². The molecule has 1 aliphatic heterocycles. The Morgan fingerprint density at radius 2 is 1.82 bits per heavy atom. The van der Waals surface area contributed by atoms with Crippen molar-refractivity contribution >= 4 is 11.6 Å². The second-order valence-electron chi connectivity index (χ2n) is 5.17. The Hall–Kier alpha value is -0.530. The lowest BCUT2D eigenvalue weighted by Crippen LogP contribution is -2.16. The first-order valence-corrected chi connectivity index (χ1v) is 7.35. The van der Waals surface area contributed by atoms with Crippen molar-refractivity contribution in [2.75, 3.05) is 19.0 Å². The summed E-state index contributed by atoms with van der Waals surface area (Å²) < 4.78 is 0. The van der Waals surface area contributed by atoms with Gasteiger partial charge in [-0.15, -0.1) is 11.6 Å². The maximum Gasteiger partial charge on any atom is 0.0264 e. The molecule has 1 aromatic rings. The molecule has 1 nitrogen and oxygen atoms in total. The third kappa shape index (κ3) is 2.11. The van der Waals surface area contributed by atoms with Gasteiger partial charge in [0.05, 0.1) is 0 Å². The first kappa shape index (κ1) is 11.6. The molecule has 0 saturated carbocycles. The van der Waals surface area contributed by atoms with E-state index in [2.05, 4.69) is 11.4 Å². The summed E-state index contributed by atoms with van der Waals surface area (Å²) in [5.41, 5.74) is 8.13. The molecular formula is C15H20ClN. The van der Waals surface area contributed by atoms with E-state index in [0.717, 1.165) is 25.4 Å². The van der Waals surface area contributed by atoms with Gasteiger partial charge in [0.25, 0.3) is 0 Å². The van der Waals surface area contributed by atoms with Crippen LogP contribution >= 0.6 is 11.6 Å². The number of alkyl halides is 1. The molecule has 2 aliphatic rings. The fourth-order valence-electron chi connectivity index (χ4n) is 3.43. The zero-order chi connectivity index (χ0) is 11.7. The lowest BCUT2D eigenvalue weighted by atomic mass is 9.90. The van der Waals surface area contributed by atoms with Crippen LogP contribution in [-0.4, -0.2) is 19.0 Å². The van der Waals surface area contributed by atoms with Gasteiger partial charge in [0.15, 0.2) is 0 Å². The summed E-state index contributed by atoms with van der Waals surface area (Å²) in [7, 11) is 0. The second-order valence-corrected chi connectivity index (χ2v) is 5.55. The molecule has 3 rings (SSSR count). The first-order valence-electron chi connectivity index (χ1n) is 6.82. The molecule has 1 aromatic carbocycles. The zero-order valence-electron chi connectivity index (χ0n) is 10.3. The van der Waals surface area contributed by atoms with Crippen molar-refractivity contribution in [3.63, 3.8) is 0 Å². The van der Waals surface area contributed by atoms with E-state index in [4.69, 9.17) is 11.6 Å². The minimum atomic E-state index is 0.753. The van der Waals surface area contributed by atoms with Crippen molar-refractivity contribution in [3.05, 3.63) is 33.9 Å². The summed E-state index contributed by atoms with van der Waals surface area (Å²) in [6.07, 6.45) is 7.38. The Kier molecular flexibility index (Phi) is 3.39. The van der Waals surface area contributed by atoms with Crippen LogP contribution in [-0.2, 0) is 32.1 Å². The van der Waals surface area contributed by atoms with Gasteiger partial charge in [-0.05, 0) is 79.4 Å². The molecule has 1 N–H and O–H groups in total. The molecule has 0 aromatic heterocycles. The molecule has 0 unspecified atom stereocenters. The molecule has 0 bridgehead atoms. The van der Waals surface area contributed by atoms with E-state index in [1.807, 2.05) is 0 Å². The summed E-state index contributed by atoms with van der Waals surface area (Å²) in [4.78, 5) is 0. The number of nitrogens with one attached hydrogen (secondary N) is 1. The Bertz CT molecular complexity index is 425. The minimum absolute atomic E-state index is 0.753. The molecular weight excluding hydrogens is 230 g/mol. The van der Waals surface area contributed by atoms with E-state index in [1.165, 1.54) is 37.7 Å². The Morgan fingerprint density at radius 3 is 2.71 bits per heavy atom. The predicted octanol–water partition coefficient (Wildman–Crippen LogP) is 2.64. The maximum absolute atomic E-state index is 5.94. The van der Waals surface area contributed by atoms with Crippen LogP contribution in [0.15, 0.2) is 6.07 Å². The van der Waals surface area contributed by atoms with Gasteiger partial charge < -0.3 is 5.32 Å². The second kappa shape index (κ2) is 4.99. The van der Waals surface area contributed by atoms with Gasteiger partial charge in [-0.1, -0.05) is 6.07 Å². The Labute approximate surface area is 109 Å². The fourth-order valence-corrected chi connectivity index (χ4v) is 3.63. The van der Waals surface area contributed by atoms with E-state index in [-0.39, 0.29) is 0 Å². The quantitative estimate of drug-likeness (QED) is 0.795. The number of hydrogen-bond donors (Lipinski definition) is 1. The largest absolute Gasteiger partial charge is 0.316 e. The number of halogens is 1. The molecule has 92 valence electrons. The molecule has 2 heteroatoms. The standard InChI is InChI=1S/C15H20ClN/c16-7-4-11-10-12-5-8-17-9-6-14(12)15-3-1-2-13(11)15/h10,17H,1-9H2. The van der Waals surface area contributed by atoms with Crippen molar-refractivity contribution in [1.82, 2.24) is 5.32 Å². The normalized spacial score (nSPS) is 18.6. The lowest BCUT2D eigenvalue weighted by Gasteiger charge is -2.16. The minimum Gasteiger partial charge on any atom is -0.316 e. The number of benzene rings is 1. The van der Waals surface area contributed by atoms with Gasteiger partial charge >= 0.3 is 0 Å². The monoisotopic (exact) mass is 249 g/mol. The lowest BCUT2D eigenvalue weighted by molar-refractivity contribution is 0.710. The van der Waals surface area contributed by atoms with E-state index in [1.54, 1.807) is 22.3 Å². The van der Waals surface area contributed by atoms with Gasteiger partial charge in [0, 0.05) is 5.88 Å². The van der Waals surface area contributed by atoms with Gasteiger partial charge in [-0.2, -0.15) is 0 Å². The topological polar surface area (TPSA) is 12.0 Å². The molecule has 0 amide bonds. The third-order valence-corrected chi connectivity index (χ3v) is 4.38. The predicted molar refractivity (Wildman–Crippen MR) is 73.2 cm³/mol. The van der Waals surface area contributed by atoms with Crippen LogP contribution in [0.2, 0.25) is 0 Å². The van der Waals surface area contributed by atoms with Crippen LogP contribution < -0.4 is 5.32 Å². The van der Waals surface area contributed by atoms with Crippen LogP contribution in [0, 0.1) is 0 Å². The van der Waals surface area contributed by atoms with E-state index >= 15 is 0 Å². The third-order valence-electron chi connectivity index (χ3n) is 4.19. The number of hydrogen-bond acceptors (Lipinski definition) is 1. The summed E-state index contributed by atoms with van der Waals surface area (Å²) in [6.45, 7) is 2.28. The van der Waals surface area contributed by atoms with Crippen LogP contribution in [0.5, 0.6) is 0 Å². The summed E-state index contributed by atoms with van der Waals surface area (Å²) in [5, 5.41) is 3.51. The van der Waals surface area contributed by atoms with Crippen molar-refractivity contribution in [1.29, 1.82) is 0 Å². The van der Waals surface area contributed by atoms with E-state index in [9.17, 15) is 0 Å². The maximum atomic E-state index is 5.94. The fraction of sp³-hybridized carbons (Fsp3) is 0.600. The molecule has 1 heterocycles. The number of rotatable bonds is 2. The van der Waals surface area contributed by atoms with E-state index < -0.39 is 0 Å². The highest BCUT2D eigenvalue weighted by atomic mass is 35.5. The SMILES string of the molecule is ClCCc1cc2c(c3c1CCC3)CCNCC2. The average molecular weight is 250 g/mol. The summed E-state index contributed by atoms with van der Waals surface area (Å²) in [6, 6.07) is 2.45. The Morgan fingerprint density at radius 1 is 1.00 bits per heavy atom. The molecule has 0 atom stereocenters. The number of aryl methyl sites for hydroxylation is 1. The molecule has 1 aliphatic carbocycles. The van der Waals surface area contributed by atoms with Crippen LogP contribution in [0.4, 0.5) is 0 Å². The summed E-state index contributed by atoms with van der Waals surface area (Å²) >= 11 is 5.94. The van der Waals surface area contributed by atoms with Crippen molar-refractivity contribution in [2.24, 2.45) is 0 Å². The zero-order valence-corrected chi connectivity index (χ0v) is 11.1. The molecule has 0 saturated heterocycles.